The predicted octanol–water partition coefficient (Wildman–Crippen LogP) is 6.78. The summed E-state index contributed by atoms with van der Waals surface area (Å²) in [6.45, 7) is 2.03. The molecule has 1 aromatic heterocycles. The number of aryl methyl sites for hydroxylation is 1. The molecule has 0 amide bonds. The quantitative estimate of drug-likeness (QED) is 0.457. The first-order valence-electron chi connectivity index (χ1n) is 9.57. The molecule has 0 spiro atoms. The van der Waals surface area contributed by atoms with Gasteiger partial charge in [-0.1, -0.05) is 54.4 Å². The van der Waals surface area contributed by atoms with Crippen LogP contribution in [0.1, 0.15) is 31.2 Å². The van der Waals surface area contributed by atoms with Gasteiger partial charge in [0.05, 0.1) is 11.9 Å². The number of hydrogen-bond acceptors (Lipinski definition) is 3. The Morgan fingerprint density at radius 1 is 1.00 bits per heavy atom. The Labute approximate surface area is 171 Å². The zero-order valence-electron chi connectivity index (χ0n) is 15.9. The Hall–Kier alpha value is -2.41. The molecule has 7 heteroatoms. The first kappa shape index (κ1) is 19.9. The molecule has 1 aliphatic rings. The molecule has 0 aliphatic heterocycles. The van der Waals surface area contributed by atoms with Crippen molar-refractivity contribution in [2.24, 2.45) is 0 Å². The number of nitrogens with zero attached hydrogens (tertiary/aromatic N) is 2. The van der Waals surface area contributed by atoms with Crippen molar-refractivity contribution in [1.82, 2.24) is 9.55 Å². The molecular formula is C22H21F3N2OS. The van der Waals surface area contributed by atoms with Gasteiger partial charge in [0, 0.05) is 16.5 Å². The van der Waals surface area contributed by atoms with Gasteiger partial charge in [0.2, 0.25) is 0 Å². The molecule has 29 heavy (non-hydrogen) atoms. The Kier molecular flexibility index (Phi) is 5.58. The molecule has 0 bridgehead atoms. The van der Waals surface area contributed by atoms with Gasteiger partial charge in [0.1, 0.15) is 5.75 Å². The van der Waals surface area contributed by atoms with Crippen LogP contribution in [0.4, 0.5) is 13.2 Å². The molecular weight excluding hydrogens is 397 g/mol. The standard InChI is InChI=1S/C22H21F3N2OS/c1-15-6-8-16(9-7-15)20-14-26-21(29-19-4-2-3-5-19)27(20)17-10-12-18(13-11-17)28-22(23,24)25/h6-14,19H,2-5H2,1H3. The highest BCUT2D eigenvalue weighted by Gasteiger charge is 2.31. The number of halogens is 3. The van der Waals surface area contributed by atoms with Gasteiger partial charge in [-0.3, -0.25) is 4.57 Å². The van der Waals surface area contributed by atoms with Gasteiger partial charge in [-0.2, -0.15) is 0 Å². The third kappa shape index (κ3) is 4.78. The summed E-state index contributed by atoms with van der Waals surface area (Å²) in [7, 11) is 0. The smallest absolute Gasteiger partial charge is 0.406 e. The van der Waals surface area contributed by atoms with E-state index < -0.39 is 6.36 Å². The van der Waals surface area contributed by atoms with Crippen molar-refractivity contribution in [1.29, 1.82) is 0 Å². The van der Waals surface area contributed by atoms with E-state index in [1.165, 1.54) is 25.0 Å². The van der Waals surface area contributed by atoms with E-state index in [0.29, 0.717) is 5.25 Å². The summed E-state index contributed by atoms with van der Waals surface area (Å²) in [4.78, 5) is 4.65. The lowest BCUT2D eigenvalue weighted by atomic mass is 10.1. The van der Waals surface area contributed by atoms with Crippen LogP contribution in [0.3, 0.4) is 0 Å². The number of ether oxygens (including phenoxy) is 1. The van der Waals surface area contributed by atoms with E-state index in [2.05, 4.69) is 9.72 Å². The van der Waals surface area contributed by atoms with E-state index in [-0.39, 0.29) is 5.75 Å². The van der Waals surface area contributed by atoms with Crippen molar-refractivity contribution in [2.45, 2.75) is 49.4 Å². The molecule has 0 N–H and O–H groups in total. The topological polar surface area (TPSA) is 27.1 Å². The summed E-state index contributed by atoms with van der Waals surface area (Å²) < 4.78 is 43.5. The maximum Gasteiger partial charge on any atom is 0.573 e. The molecule has 3 nitrogen and oxygen atoms in total. The number of imidazole rings is 1. The minimum Gasteiger partial charge on any atom is -0.406 e. The highest BCUT2D eigenvalue weighted by molar-refractivity contribution is 7.99. The number of thioether (sulfide) groups is 1. The van der Waals surface area contributed by atoms with Crippen molar-refractivity contribution >= 4 is 11.8 Å². The summed E-state index contributed by atoms with van der Waals surface area (Å²) in [5.41, 5.74) is 3.84. The van der Waals surface area contributed by atoms with Crippen LogP contribution in [0, 0.1) is 6.92 Å². The number of benzene rings is 2. The normalized spacial score (nSPS) is 15.0. The lowest BCUT2D eigenvalue weighted by Gasteiger charge is -2.15. The molecule has 1 saturated carbocycles. The van der Waals surface area contributed by atoms with E-state index >= 15 is 0 Å². The van der Waals surface area contributed by atoms with Crippen LogP contribution in [-0.2, 0) is 0 Å². The third-order valence-electron chi connectivity index (χ3n) is 4.98. The Morgan fingerprint density at radius 3 is 2.28 bits per heavy atom. The van der Waals surface area contributed by atoms with Gasteiger partial charge in [-0.25, -0.2) is 4.98 Å². The van der Waals surface area contributed by atoms with Crippen LogP contribution in [0.5, 0.6) is 5.75 Å². The van der Waals surface area contributed by atoms with Crippen LogP contribution < -0.4 is 4.74 Å². The Morgan fingerprint density at radius 2 is 1.66 bits per heavy atom. The highest BCUT2D eigenvalue weighted by Crippen LogP contribution is 2.38. The second-order valence-corrected chi connectivity index (χ2v) is 8.46. The Bertz CT molecular complexity index is 959. The summed E-state index contributed by atoms with van der Waals surface area (Å²) >= 11 is 1.75. The van der Waals surface area contributed by atoms with Crippen molar-refractivity contribution in [3.8, 4) is 22.7 Å². The SMILES string of the molecule is Cc1ccc(-c2cnc(SC3CCCC3)n2-c2ccc(OC(F)(F)F)cc2)cc1. The number of alkyl halides is 3. The summed E-state index contributed by atoms with van der Waals surface area (Å²) in [5.74, 6) is -0.233. The third-order valence-corrected chi connectivity index (χ3v) is 6.28. The molecule has 0 saturated heterocycles. The zero-order chi connectivity index (χ0) is 20.4. The molecule has 4 rings (SSSR count). The van der Waals surface area contributed by atoms with Gasteiger partial charge in [0.25, 0.3) is 0 Å². The second kappa shape index (κ2) is 8.14. The molecule has 152 valence electrons. The van der Waals surface area contributed by atoms with Crippen molar-refractivity contribution in [3.63, 3.8) is 0 Å². The van der Waals surface area contributed by atoms with Gasteiger partial charge < -0.3 is 4.74 Å². The monoisotopic (exact) mass is 418 g/mol. The van der Waals surface area contributed by atoms with Crippen LogP contribution in [0.15, 0.2) is 59.9 Å². The minimum atomic E-state index is -4.70. The van der Waals surface area contributed by atoms with E-state index in [1.54, 1.807) is 23.9 Å². The fourth-order valence-corrected chi connectivity index (χ4v) is 4.84. The van der Waals surface area contributed by atoms with E-state index in [4.69, 9.17) is 0 Å². The summed E-state index contributed by atoms with van der Waals surface area (Å²) in [6.07, 6.45) is 1.92. The van der Waals surface area contributed by atoms with Crippen LogP contribution in [0.2, 0.25) is 0 Å². The lowest BCUT2D eigenvalue weighted by molar-refractivity contribution is -0.274. The van der Waals surface area contributed by atoms with Gasteiger partial charge in [-0.05, 0) is 44.0 Å². The summed E-state index contributed by atoms with van der Waals surface area (Å²) in [5, 5.41) is 1.38. The van der Waals surface area contributed by atoms with E-state index in [0.717, 1.165) is 40.5 Å². The maximum absolute atomic E-state index is 12.5. The van der Waals surface area contributed by atoms with Crippen molar-refractivity contribution < 1.29 is 17.9 Å². The molecule has 0 radical (unpaired) electrons. The lowest BCUT2D eigenvalue weighted by Crippen LogP contribution is -2.17. The summed E-state index contributed by atoms with van der Waals surface area (Å²) in [6, 6.07) is 14.1. The van der Waals surface area contributed by atoms with Crippen LogP contribution in [-0.4, -0.2) is 21.2 Å². The first-order valence-corrected chi connectivity index (χ1v) is 10.4. The molecule has 1 aliphatic carbocycles. The minimum absolute atomic E-state index is 0.233. The van der Waals surface area contributed by atoms with Gasteiger partial charge in [0.15, 0.2) is 5.16 Å². The second-order valence-electron chi connectivity index (χ2n) is 7.19. The maximum atomic E-state index is 12.5. The number of rotatable bonds is 5. The number of aromatic nitrogens is 2. The molecule has 1 heterocycles. The first-order chi connectivity index (χ1) is 13.9. The average molecular weight is 418 g/mol. The van der Waals surface area contributed by atoms with Crippen LogP contribution in [0.25, 0.3) is 16.9 Å². The molecule has 0 atom stereocenters. The van der Waals surface area contributed by atoms with Crippen molar-refractivity contribution in [2.75, 3.05) is 0 Å². The van der Waals surface area contributed by atoms with Gasteiger partial charge in [-0.15, -0.1) is 13.2 Å². The van der Waals surface area contributed by atoms with E-state index in [9.17, 15) is 13.2 Å². The van der Waals surface area contributed by atoms with E-state index in [1.807, 2.05) is 42.0 Å². The molecule has 0 unspecified atom stereocenters. The number of hydrogen-bond donors (Lipinski definition) is 0. The van der Waals surface area contributed by atoms with Gasteiger partial charge >= 0.3 is 6.36 Å². The highest BCUT2D eigenvalue weighted by atomic mass is 32.2. The zero-order valence-corrected chi connectivity index (χ0v) is 16.8. The average Bonchev–Trinajstić information content (AvgIpc) is 3.32. The van der Waals surface area contributed by atoms with Crippen LogP contribution >= 0.6 is 11.8 Å². The molecule has 1 fully saturated rings. The molecule has 3 aromatic rings. The largest absolute Gasteiger partial charge is 0.573 e. The molecule has 2 aromatic carbocycles. The van der Waals surface area contributed by atoms with Crippen molar-refractivity contribution in [3.05, 3.63) is 60.3 Å². The fourth-order valence-electron chi connectivity index (χ4n) is 3.55. The fraction of sp³-hybridized carbons (Fsp3) is 0.318. The Balaban J connectivity index is 1.72. The predicted molar refractivity (Wildman–Crippen MR) is 109 cm³/mol.